The third-order valence-corrected chi connectivity index (χ3v) is 9.96. The first-order chi connectivity index (χ1) is 28.7. The fourth-order valence-corrected chi connectivity index (χ4v) is 6.26. The lowest BCUT2D eigenvalue weighted by Crippen LogP contribution is -2.61. The zero-order valence-corrected chi connectivity index (χ0v) is 35.6. The van der Waals surface area contributed by atoms with Gasteiger partial charge in [-0.25, -0.2) is 4.79 Å². The molecule has 0 heterocycles. The lowest BCUT2D eigenvalue weighted by molar-refractivity contribution is -0.143. The molecular weight excluding hydrogens is 845 g/mol. The zero-order valence-electron chi connectivity index (χ0n) is 34.0. The van der Waals surface area contributed by atoms with Crippen molar-refractivity contribution in [2.75, 3.05) is 37.2 Å². The number of carboxylic acids is 2. The monoisotopic (exact) mass is 902 g/mol. The average molecular weight is 903 g/mol. The van der Waals surface area contributed by atoms with Gasteiger partial charge in [-0.15, -0.1) is 0 Å². The Labute approximate surface area is 360 Å². The largest absolute Gasteiger partial charge is 0.508 e. The normalized spacial score (nSPS) is 14.9. The van der Waals surface area contributed by atoms with Crippen LogP contribution in [0, 0.1) is 0 Å². The van der Waals surface area contributed by atoms with Gasteiger partial charge in [0.2, 0.25) is 35.4 Å². The molecule has 0 unspecified atom stereocenters. The number of aliphatic carboxylic acids is 2. The number of aliphatic hydroxyl groups excluding tert-OH is 2. The van der Waals surface area contributed by atoms with Crippen LogP contribution in [0.1, 0.15) is 44.6 Å². The summed E-state index contributed by atoms with van der Waals surface area (Å²) in [7, 11) is 0. The number of aromatic hydroxyl groups is 1. The van der Waals surface area contributed by atoms with Gasteiger partial charge in [0.25, 0.3) is 0 Å². The molecule has 1 rings (SSSR count). The van der Waals surface area contributed by atoms with Crippen LogP contribution in [-0.4, -0.2) is 164 Å². The fourth-order valence-electron chi connectivity index (χ4n) is 5.32. The number of amides is 6. The number of nitrogens with two attached hydrogens (primary N) is 3. The van der Waals surface area contributed by atoms with Gasteiger partial charge in [-0.2, -0.15) is 23.5 Å². The molecule has 0 bridgehead atoms. The van der Waals surface area contributed by atoms with E-state index in [1.165, 1.54) is 47.8 Å². The van der Waals surface area contributed by atoms with Gasteiger partial charge in [-0.3, -0.25) is 38.6 Å². The Hall–Kier alpha value is -5.37. The van der Waals surface area contributed by atoms with Gasteiger partial charge in [0.1, 0.15) is 42.0 Å². The smallest absolute Gasteiger partial charge is 0.328 e. The molecule has 0 aliphatic rings. The Balaban J connectivity index is 3.41. The Morgan fingerprint density at radius 3 is 1.62 bits per heavy atom. The number of benzene rings is 1. The van der Waals surface area contributed by atoms with Crippen molar-refractivity contribution in [3.8, 4) is 5.75 Å². The van der Waals surface area contributed by atoms with Crippen LogP contribution in [-0.2, 0) is 44.8 Å². The maximum Gasteiger partial charge on any atom is 0.328 e. The lowest BCUT2D eigenvalue weighted by atomic mass is 10.0. The second-order valence-electron chi connectivity index (χ2n) is 13.6. The number of thioether (sulfide) groups is 2. The van der Waals surface area contributed by atoms with Gasteiger partial charge in [0.05, 0.1) is 25.2 Å². The molecule has 342 valence electrons. The molecule has 0 radical (unpaired) electrons. The standard InChI is InChI=1S/C36H58N10O13S2/c1-18(48)28(46-29(52)21(37)5-4-12-40-36(38)39)34(57)44-25(16-27(50)51)33(56)43-24(15-19-6-8-20(49)9-7-19)32(55)42-22(10-13-60-2)30(53)41-23(11-14-61-3)31(54)45-26(17-47)35(58)59/h6-9,18,21-26,28,47-49H,4-5,10-17,37H2,1-3H3,(H,41,53)(H,42,55)(H,43,56)(H,44,57)(H,45,54)(H,46,52)(H,50,51)(H,58,59)(H4,38,39,40)/t18-,21+,22+,23+,24+,25+,26+,28+/m1/s1. The molecule has 0 aliphatic heterocycles. The van der Waals surface area contributed by atoms with Gasteiger partial charge < -0.3 is 74.6 Å². The van der Waals surface area contributed by atoms with E-state index in [1.54, 1.807) is 12.5 Å². The van der Waals surface area contributed by atoms with E-state index in [4.69, 9.17) is 17.2 Å². The fraction of sp³-hybridized carbons (Fsp3) is 0.583. The summed E-state index contributed by atoms with van der Waals surface area (Å²) in [5.41, 5.74) is 16.9. The van der Waals surface area contributed by atoms with Crippen molar-refractivity contribution in [3.05, 3.63) is 29.8 Å². The molecule has 0 aliphatic carbocycles. The molecule has 0 saturated carbocycles. The average Bonchev–Trinajstić information content (AvgIpc) is 3.19. The molecule has 6 amide bonds. The third kappa shape index (κ3) is 20.6. The Bertz CT molecular complexity index is 1670. The number of hydrogen-bond donors (Lipinski definition) is 14. The molecule has 1 aromatic carbocycles. The maximum absolute atomic E-state index is 14.0. The number of nitrogens with one attached hydrogen (secondary N) is 6. The predicted octanol–water partition coefficient (Wildman–Crippen LogP) is -4.34. The topological polar surface area (TPSA) is 400 Å². The number of hydrogen-bond acceptors (Lipinski definition) is 15. The van der Waals surface area contributed by atoms with Crippen molar-refractivity contribution in [1.29, 1.82) is 0 Å². The molecular formula is C36H58N10O13S2. The quantitative estimate of drug-likeness (QED) is 0.0205. The minimum absolute atomic E-state index is 0.00788. The minimum Gasteiger partial charge on any atom is -0.508 e. The van der Waals surface area contributed by atoms with Crippen molar-refractivity contribution >= 4 is 76.9 Å². The van der Waals surface area contributed by atoms with E-state index in [1.807, 2.05) is 0 Å². The molecule has 1 aromatic rings. The lowest BCUT2D eigenvalue weighted by Gasteiger charge is -2.28. The van der Waals surface area contributed by atoms with Crippen LogP contribution in [0.5, 0.6) is 5.75 Å². The summed E-state index contributed by atoms with van der Waals surface area (Å²) in [6, 6.07) is -5.11. The van der Waals surface area contributed by atoms with E-state index >= 15 is 0 Å². The Morgan fingerprint density at radius 2 is 1.16 bits per heavy atom. The Morgan fingerprint density at radius 1 is 0.689 bits per heavy atom. The second kappa shape index (κ2) is 28.2. The van der Waals surface area contributed by atoms with Crippen LogP contribution in [0.15, 0.2) is 29.3 Å². The summed E-state index contributed by atoms with van der Waals surface area (Å²) in [6.07, 6.45) is 1.02. The van der Waals surface area contributed by atoms with Crippen molar-refractivity contribution in [2.45, 2.75) is 93.8 Å². The number of nitrogens with zero attached hydrogens (tertiary/aromatic N) is 1. The van der Waals surface area contributed by atoms with Crippen LogP contribution in [0.25, 0.3) is 0 Å². The highest BCUT2D eigenvalue weighted by Crippen LogP contribution is 2.13. The number of carbonyl (C=O) groups excluding carboxylic acids is 6. The van der Waals surface area contributed by atoms with E-state index in [-0.39, 0.29) is 50.4 Å². The number of phenols is 1. The molecule has 23 nitrogen and oxygen atoms in total. The van der Waals surface area contributed by atoms with E-state index in [0.717, 1.165) is 6.92 Å². The van der Waals surface area contributed by atoms with E-state index in [2.05, 4.69) is 36.9 Å². The summed E-state index contributed by atoms with van der Waals surface area (Å²) < 4.78 is 0. The molecule has 25 heteroatoms. The third-order valence-electron chi connectivity index (χ3n) is 8.67. The van der Waals surface area contributed by atoms with Crippen molar-refractivity contribution < 1.29 is 63.9 Å². The highest BCUT2D eigenvalue weighted by Gasteiger charge is 2.35. The number of aliphatic imine (C=N–C) groups is 1. The Kier molecular flexibility index (Phi) is 24.8. The van der Waals surface area contributed by atoms with E-state index < -0.39 is 109 Å². The number of carboxylic acid groups (broad SMARTS) is 2. The molecule has 0 spiro atoms. The van der Waals surface area contributed by atoms with Crippen molar-refractivity contribution in [3.63, 3.8) is 0 Å². The van der Waals surface area contributed by atoms with Crippen LogP contribution in [0.3, 0.4) is 0 Å². The molecule has 0 saturated heterocycles. The van der Waals surface area contributed by atoms with Gasteiger partial charge >= 0.3 is 11.9 Å². The predicted molar refractivity (Wildman–Crippen MR) is 226 cm³/mol. The highest BCUT2D eigenvalue weighted by molar-refractivity contribution is 7.98. The SMILES string of the molecule is CSCC[C@H](NC(=O)[C@H](CCSC)NC(=O)[C@H](Cc1ccc(O)cc1)NC(=O)[C@H](CC(=O)O)NC(=O)[C@@H](NC(=O)[C@@H](N)CCCN=C(N)N)[C@@H](C)O)C(=O)N[C@@H](CO)C(=O)O. The minimum atomic E-state index is -1.88. The number of phenolic OH excluding ortho intramolecular Hbond substituents is 1. The number of guanidine groups is 1. The van der Waals surface area contributed by atoms with Crippen LogP contribution in [0.2, 0.25) is 0 Å². The van der Waals surface area contributed by atoms with Gasteiger partial charge in [0, 0.05) is 13.0 Å². The van der Waals surface area contributed by atoms with Gasteiger partial charge in [0.15, 0.2) is 5.96 Å². The van der Waals surface area contributed by atoms with Crippen LogP contribution < -0.4 is 49.1 Å². The summed E-state index contributed by atoms with van der Waals surface area (Å²) in [6.45, 7) is 0.396. The highest BCUT2D eigenvalue weighted by atomic mass is 32.2. The molecule has 17 N–H and O–H groups in total. The number of aliphatic hydroxyl groups is 2. The first-order valence-corrected chi connectivity index (χ1v) is 21.7. The van der Waals surface area contributed by atoms with Crippen molar-refractivity contribution in [1.82, 2.24) is 31.9 Å². The first kappa shape index (κ1) is 53.6. The zero-order chi connectivity index (χ0) is 46.2. The maximum atomic E-state index is 14.0. The first-order valence-electron chi connectivity index (χ1n) is 18.9. The molecule has 8 atom stereocenters. The molecule has 61 heavy (non-hydrogen) atoms. The summed E-state index contributed by atoms with van der Waals surface area (Å²) >= 11 is 2.66. The van der Waals surface area contributed by atoms with Crippen LogP contribution >= 0.6 is 23.5 Å². The molecule has 0 aromatic heterocycles. The summed E-state index contributed by atoms with van der Waals surface area (Å²) in [4.78, 5) is 108. The second-order valence-corrected chi connectivity index (χ2v) is 15.6. The number of rotatable bonds is 29. The van der Waals surface area contributed by atoms with Gasteiger partial charge in [-0.1, -0.05) is 12.1 Å². The summed E-state index contributed by atoms with van der Waals surface area (Å²) in [5, 5.41) is 62.7. The summed E-state index contributed by atoms with van der Waals surface area (Å²) in [5.74, 6) is -8.58. The van der Waals surface area contributed by atoms with E-state index in [0.29, 0.717) is 17.1 Å². The number of carbonyl (C=O) groups is 8. The molecule has 0 fully saturated rings. The van der Waals surface area contributed by atoms with Gasteiger partial charge in [-0.05, 0) is 74.3 Å². The van der Waals surface area contributed by atoms with Crippen LogP contribution in [0.4, 0.5) is 0 Å². The van der Waals surface area contributed by atoms with Crippen molar-refractivity contribution in [2.24, 2.45) is 22.2 Å². The van der Waals surface area contributed by atoms with E-state index in [9.17, 15) is 63.9 Å².